The van der Waals surface area contributed by atoms with Crippen LogP contribution in [0.4, 0.5) is 0 Å². The van der Waals surface area contributed by atoms with Gasteiger partial charge in [0, 0.05) is 25.0 Å². The Hall–Kier alpha value is -2.85. The van der Waals surface area contributed by atoms with Crippen LogP contribution in [0.3, 0.4) is 0 Å². The molecule has 0 bridgehead atoms. The number of nitrogens with zero attached hydrogens (tertiary/aromatic N) is 2. The lowest BCUT2D eigenvalue weighted by Crippen LogP contribution is -2.35. The van der Waals surface area contributed by atoms with Crippen molar-refractivity contribution >= 4 is 5.91 Å². The van der Waals surface area contributed by atoms with Crippen LogP contribution >= 0.6 is 0 Å². The van der Waals surface area contributed by atoms with Gasteiger partial charge in [0.25, 0.3) is 0 Å². The molecule has 4 heteroatoms. The van der Waals surface area contributed by atoms with Crippen molar-refractivity contribution in [2.45, 2.75) is 52.8 Å². The highest BCUT2D eigenvalue weighted by Crippen LogP contribution is 2.14. The van der Waals surface area contributed by atoms with Gasteiger partial charge in [-0.2, -0.15) is 0 Å². The zero-order valence-electron chi connectivity index (χ0n) is 18.8. The lowest BCUT2D eigenvalue weighted by molar-refractivity contribution is -0.137. The number of rotatable bonds is 12. The number of hydrogen-bond acceptors (Lipinski definition) is 2. The van der Waals surface area contributed by atoms with Gasteiger partial charge in [0.2, 0.25) is 5.91 Å². The van der Waals surface area contributed by atoms with Crippen LogP contribution in [-0.4, -0.2) is 28.5 Å². The van der Waals surface area contributed by atoms with Crippen molar-refractivity contribution in [3.63, 3.8) is 0 Å². The molecule has 1 heterocycles. The van der Waals surface area contributed by atoms with E-state index in [1.165, 1.54) is 11.1 Å². The van der Waals surface area contributed by atoms with Gasteiger partial charge in [-0.1, -0.05) is 74.4 Å². The van der Waals surface area contributed by atoms with E-state index >= 15 is 0 Å². The molecule has 0 aliphatic heterocycles. The molecule has 3 aromatic rings. The minimum absolute atomic E-state index is 0.0516. The molecule has 0 N–H and O–H groups in total. The van der Waals surface area contributed by atoms with E-state index in [1.54, 1.807) is 0 Å². The SMILES string of the molecule is CCCCCN(Cc1cccn1Cc1ccccc1C)C(=O)COCc1ccccc1. The number of aryl methyl sites for hydroxylation is 1. The maximum atomic E-state index is 13.0. The summed E-state index contributed by atoms with van der Waals surface area (Å²) in [4.78, 5) is 14.9. The Bertz CT molecular complexity index is 933. The predicted octanol–water partition coefficient (Wildman–Crippen LogP) is 5.58. The van der Waals surface area contributed by atoms with Crippen molar-refractivity contribution in [3.8, 4) is 0 Å². The van der Waals surface area contributed by atoms with Gasteiger partial charge in [0.1, 0.15) is 6.61 Å². The molecule has 2 aromatic carbocycles. The molecule has 3 rings (SSSR count). The summed E-state index contributed by atoms with van der Waals surface area (Å²) in [6.45, 7) is 7.08. The Balaban J connectivity index is 1.63. The standard InChI is InChI=1S/C27H34N2O2/c1-3-4-10-17-29(27(30)22-31-21-24-13-6-5-7-14-24)20-26-16-11-18-28(26)19-25-15-9-8-12-23(25)2/h5-9,11-16,18H,3-4,10,17,19-22H2,1-2H3. The lowest BCUT2D eigenvalue weighted by Gasteiger charge is -2.24. The second-order valence-corrected chi connectivity index (χ2v) is 8.05. The van der Waals surface area contributed by atoms with Crippen molar-refractivity contribution < 1.29 is 9.53 Å². The number of carbonyl (C=O) groups is 1. The van der Waals surface area contributed by atoms with E-state index < -0.39 is 0 Å². The number of aromatic nitrogens is 1. The minimum atomic E-state index is 0.0516. The Morgan fingerprint density at radius 1 is 0.968 bits per heavy atom. The number of amides is 1. The molecule has 1 amide bonds. The highest BCUT2D eigenvalue weighted by molar-refractivity contribution is 5.77. The normalized spacial score (nSPS) is 10.9. The summed E-state index contributed by atoms with van der Waals surface area (Å²) in [6.07, 6.45) is 5.37. The van der Waals surface area contributed by atoms with E-state index in [2.05, 4.69) is 61.0 Å². The van der Waals surface area contributed by atoms with Gasteiger partial charge >= 0.3 is 0 Å². The van der Waals surface area contributed by atoms with Crippen LogP contribution in [0.25, 0.3) is 0 Å². The van der Waals surface area contributed by atoms with Crippen molar-refractivity contribution in [2.75, 3.05) is 13.2 Å². The molecule has 164 valence electrons. The molecule has 0 spiro atoms. The summed E-state index contributed by atoms with van der Waals surface area (Å²) in [5.41, 5.74) is 4.82. The first-order chi connectivity index (χ1) is 15.2. The van der Waals surface area contributed by atoms with E-state index in [4.69, 9.17) is 4.74 Å². The number of benzene rings is 2. The highest BCUT2D eigenvalue weighted by atomic mass is 16.5. The Morgan fingerprint density at radius 2 is 1.74 bits per heavy atom. The molecular formula is C27H34N2O2. The molecule has 0 aliphatic carbocycles. The summed E-state index contributed by atoms with van der Waals surface area (Å²) in [5, 5.41) is 0. The minimum Gasteiger partial charge on any atom is -0.367 e. The molecule has 0 unspecified atom stereocenters. The Labute approximate surface area is 186 Å². The fraction of sp³-hybridized carbons (Fsp3) is 0.370. The third-order valence-electron chi connectivity index (χ3n) is 5.60. The third-order valence-corrected chi connectivity index (χ3v) is 5.60. The van der Waals surface area contributed by atoms with Crippen LogP contribution in [0.1, 0.15) is 48.6 Å². The van der Waals surface area contributed by atoms with E-state index in [0.29, 0.717) is 13.2 Å². The predicted molar refractivity (Wildman–Crippen MR) is 126 cm³/mol. The molecule has 1 aromatic heterocycles. The van der Waals surface area contributed by atoms with Gasteiger partial charge in [0.15, 0.2) is 0 Å². The molecule has 4 nitrogen and oxygen atoms in total. The second-order valence-electron chi connectivity index (χ2n) is 8.05. The molecule has 0 fully saturated rings. The monoisotopic (exact) mass is 418 g/mol. The number of ether oxygens (including phenoxy) is 1. The number of unbranched alkanes of at least 4 members (excludes halogenated alkanes) is 2. The topological polar surface area (TPSA) is 34.5 Å². The Morgan fingerprint density at radius 3 is 2.52 bits per heavy atom. The molecule has 0 saturated heterocycles. The summed E-state index contributed by atoms with van der Waals surface area (Å²) in [6, 6.07) is 22.6. The van der Waals surface area contributed by atoms with Gasteiger partial charge in [-0.15, -0.1) is 0 Å². The number of carbonyl (C=O) groups excluding carboxylic acids is 1. The summed E-state index contributed by atoms with van der Waals surface area (Å²) >= 11 is 0. The van der Waals surface area contributed by atoms with Crippen LogP contribution < -0.4 is 0 Å². The van der Waals surface area contributed by atoms with Crippen molar-refractivity contribution in [1.29, 1.82) is 0 Å². The van der Waals surface area contributed by atoms with E-state index in [0.717, 1.165) is 43.6 Å². The maximum absolute atomic E-state index is 13.0. The molecule has 0 saturated carbocycles. The van der Waals surface area contributed by atoms with Crippen molar-refractivity contribution in [2.24, 2.45) is 0 Å². The van der Waals surface area contributed by atoms with Gasteiger partial charge < -0.3 is 14.2 Å². The fourth-order valence-corrected chi connectivity index (χ4v) is 3.68. The van der Waals surface area contributed by atoms with Crippen LogP contribution in [0.5, 0.6) is 0 Å². The van der Waals surface area contributed by atoms with Crippen LogP contribution in [0, 0.1) is 6.92 Å². The summed E-state index contributed by atoms with van der Waals surface area (Å²) < 4.78 is 7.97. The van der Waals surface area contributed by atoms with Gasteiger partial charge in [-0.3, -0.25) is 4.79 Å². The first-order valence-electron chi connectivity index (χ1n) is 11.3. The van der Waals surface area contributed by atoms with Crippen LogP contribution in [-0.2, 0) is 29.2 Å². The molecule has 0 atom stereocenters. The molecule has 0 radical (unpaired) electrons. The van der Waals surface area contributed by atoms with E-state index in [9.17, 15) is 4.79 Å². The third kappa shape index (κ3) is 7.11. The average molecular weight is 419 g/mol. The van der Waals surface area contributed by atoms with Gasteiger partial charge in [-0.05, 0) is 42.2 Å². The smallest absolute Gasteiger partial charge is 0.248 e. The second kappa shape index (κ2) is 12.1. The fourth-order valence-electron chi connectivity index (χ4n) is 3.68. The van der Waals surface area contributed by atoms with Gasteiger partial charge in [-0.25, -0.2) is 0 Å². The summed E-state index contributed by atoms with van der Waals surface area (Å²) in [7, 11) is 0. The van der Waals surface area contributed by atoms with Gasteiger partial charge in [0.05, 0.1) is 13.2 Å². The van der Waals surface area contributed by atoms with E-state index in [-0.39, 0.29) is 12.5 Å². The van der Waals surface area contributed by atoms with Crippen molar-refractivity contribution in [3.05, 3.63) is 95.3 Å². The van der Waals surface area contributed by atoms with E-state index in [1.807, 2.05) is 35.2 Å². The van der Waals surface area contributed by atoms with Crippen molar-refractivity contribution in [1.82, 2.24) is 9.47 Å². The quantitative estimate of drug-likeness (QED) is 0.360. The first-order valence-corrected chi connectivity index (χ1v) is 11.3. The maximum Gasteiger partial charge on any atom is 0.248 e. The summed E-state index contributed by atoms with van der Waals surface area (Å²) in [5.74, 6) is 0.0516. The largest absolute Gasteiger partial charge is 0.367 e. The molecule has 0 aliphatic rings. The Kier molecular flexibility index (Phi) is 8.92. The lowest BCUT2D eigenvalue weighted by atomic mass is 10.1. The van der Waals surface area contributed by atoms with Crippen LogP contribution in [0.15, 0.2) is 72.9 Å². The molecule has 31 heavy (non-hydrogen) atoms. The first kappa shape index (κ1) is 22.8. The molecular weight excluding hydrogens is 384 g/mol. The van der Waals surface area contributed by atoms with Crippen LogP contribution in [0.2, 0.25) is 0 Å². The average Bonchev–Trinajstić information content (AvgIpc) is 3.22. The zero-order chi connectivity index (χ0) is 21.9. The zero-order valence-corrected chi connectivity index (χ0v) is 18.8. The number of hydrogen-bond donors (Lipinski definition) is 0. The highest BCUT2D eigenvalue weighted by Gasteiger charge is 2.16.